The third kappa shape index (κ3) is 2.90. The third-order valence-corrected chi connectivity index (χ3v) is 3.87. The molecule has 118 valence electrons. The number of hydrogen-bond donors (Lipinski definition) is 1. The minimum atomic E-state index is -4.89. The molecule has 9 heteroatoms. The zero-order valence-electron chi connectivity index (χ0n) is 11.9. The van der Waals surface area contributed by atoms with Crippen molar-refractivity contribution >= 4 is 45.0 Å². The highest BCUT2D eigenvalue weighted by Gasteiger charge is 2.37. The fraction of sp³-hybridized carbons (Fsp3) is 0.308. The van der Waals surface area contributed by atoms with Crippen LogP contribution < -0.4 is 4.18 Å². The zero-order chi connectivity index (χ0) is 16.8. The van der Waals surface area contributed by atoms with E-state index in [2.05, 4.69) is 9.18 Å². The fourth-order valence-corrected chi connectivity index (χ4v) is 3.09. The highest BCUT2D eigenvalue weighted by atomic mass is 35.5. The highest BCUT2D eigenvalue weighted by molar-refractivity contribution is 7.81. The van der Waals surface area contributed by atoms with E-state index in [9.17, 15) is 18.0 Å². The molecule has 0 spiro atoms. The molecule has 2 rings (SSSR count). The molecule has 1 atom stereocenters. The van der Waals surface area contributed by atoms with Gasteiger partial charge in [-0.3, -0.25) is 19.1 Å². The van der Waals surface area contributed by atoms with E-state index in [0.29, 0.717) is 11.3 Å². The molecule has 1 aromatic rings. The molecule has 22 heavy (non-hydrogen) atoms. The Hall–Kier alpha value is -1.77. The number of Topliss-reactive ketones (excluding diaryl/α,β-unsaturated/α-hetero) is 2. The Morgan fingerprint density at radius 1 is 1.41 bits per heavy atom. The number of carbonyl (C=O) groups is 2. The van der Waals surface area contributed by atoms with Crippen molar-refractivity contribution < 1.29 is 26.7 Å². The molecule has 7 nitrogen and oxygen atoms in total. The van der Waals surface area contributed by atoms with Crippen LogP contribution >= 0.6 is 11.6 Å². The lowest BCUT2D eigenvalue weighted by atomic mass is 9.85. The molecule has 0 saturated heterocycles. The Kier molecular flexibility index (Phi) is 4.12. The van der Waals surface area contributed by atoms with Crippen LogP contribution in [0.2, 0.25) is 5.02 Å². The molecule has 0 fully saturated rings. The highest BCUT2D eigenvalue weighted by Crippen LogP contribution is 2.43. The van der Waals surface area contributed by atoms with Crippen LogP contribution in [0.15, 0.2) is 11.1 Å². The minimum absolute atomic E-state index is 0.169. The summed E-state index contributed by atoms with van der Waals surface area (Å²) in [5.74, 6) is -2.77. The summed E-state index contributed by atoms with van der Waals surface area (Å²) in [6.07, 6.45) is 0. The van der Waals surface area contributed by atoms with Crippen molar-refractivity contribution in [1.82, 2.24) is 0 Å². The lowest BCUT2D eigenvalue weighted by molar-refractivity contribution is -0.117. The predicted octanol–water partition coefficient (Wildman–Crippen LogP) is 2.32. The van der Waals surface area contributed by atoms with Crippen molar-refractivity contribution in [2.24, 2.45) is 10.9 Å². The van der Waals surface area contributed by atoms with E-state index in [1.807, 2.05) is 0 Å². The van der Waals surface area contributed by atoms with Crippen molar-refractivity contribution in [2.45, 2.75) is 20.8 Å². The van der Waals surface area contributed by atoms with Crippen LogP contribution in [0.25, 0.3) is 0 Å². The van der Waals surface area contributed by atoms with Crippen LogP contribution in [-0.2, 0) is 15.2 Å². The molecule has 1 unspecified atom stereocenters. The van der Waals surface area contributed by atoms with Gasteiger partial charge in [0.25, 0.3) is 0 Å². The van der Waals surface area contributed by atoms with E-state index in [0.717, 1.165) is 0 Å². The first-order valence-electron chi connectivity index (χ1n) is 6.12. The van der Waals surface area contributed by atoms with Crippen LogP contribution in [-0.4, -0.2) is 30.2 Å². The number of rotatable bonds is 3. The minimum Gasteiger partial charge on any atom is -0.359 e. The Labute approximate surface area is 131 Å². The second-order valence-electron chi connectivity index (χ2n) is 4.90. The van der Waals surface area contributed by atoms with Crippen LogP contribution in [0.4, 0.5) is 5.69 Å². The first-order valence-corrected chi connectivity index (χ1v) is 7.87. The summed E-state index contributed by atoms with van der Waals surface area (Å²) < 4.78 is 35.2. The number of nitrogens with zero attached hydrogens (tertiary/aromatic N) is 1. The summed E-state index contributed by atoms with van der Waals surface area (Å²) in [6.45, 7) is 4.39. The van der Waals surface area contributed by atoms with Gasteiger partial charge in [0, 0.05) is 5.71 Å². The van der Waals surface area contributed by atoms with Gasteiger partial charge in [0.2, 0.25) is 0 Å². The summed E-state index contributed by atoms with van der Waals surface area (Å²) in [5, 5.41) is -0.181. The van der Waals surface area contributed by atoms with Gasteiger partial charge in [-0.05, 0) is 32.4 Å². The molecular formula is C13H12ClNO6S. The Bertz CT molecular complexity index is 827. The van der Waals surface area contributed by atoms with Gasteiger partial charge in [0.05, 0.1) is 16.3 Å². The summed E-state index contributed by atoms with van der Waals surface area (Å²) in [4.78, 5) is 28.4. The van der Waals surface area contributed by atoms with E-state index in [1.54, 1.807) is 6.92 Å². The molecule has 1 aromatic carbocycles. The summed E-state index contributed by atoms with van der Waals surface area (Å²) in [5.41, 5.74) is 0.752. The van der Waals surface area contributed by atoms with E-state index >= 15 is 0 Å². The van der Waals surface area contributed by atoms with Crippen LogP contribution in [0, 0.1) is 12.8 Å². The molecule has 0 radical (unpaired) electrons. The maximum atomic E-state index is 12.6. The quantitative estimate of drug-likeness (QED) is 0.665. The van der Waals surface area contributed by atoms with Crippen molar-refractivity contribution in [3.05, 3.63) is 22.2 Å². The average molecular weight is 346 g/mol. The van der Waals surface area contributed by atoms with E-state index in [-0.39, 0.29) is 16.3 Å². The Morgan fingerprint density at radius 3 is 2.50 bits per heavy atom. The van der Waals surface area contributed by atoms with E-state index < -0.39 is 33.6 Å². The largest absolute Gasteiger partial charge is 0.446 e. The molecule has 0 bridgehead atoms. The fourth-order valence-electron chi connectivity index (χ4n) is 2.36. The van der Waals surface area contributed by atoms with Gasteiger partial charge in [-0.2, -0.15) is 8.42 Å². The standard InChI is InChI=1S/C13H12ClNO6S/c1-5-4-8(14)13(21-22(18,19)20)10-11(5)15-6(2)9(7(3)16)12(10)17/h4,9H,1-3H3,(H,18,19,20). The number of aryl methyl sites for hydroxylation is 1. The van der Waals surface area contributed by atoms with Crippen molar-refractivity contribution in [3.63, 3.8) is 0 Å². The molecule has 1 N–H and O–H groups in total. The average Bonchev–Trinajstić information content (AvgIpc) is 2.32. The van der Waals surface area contributed by atoms with Gasteiger partial charge in [-0.15, -0.1) is 0 Å². The summed E-state index contributed by atoms with van der Waals surface area (Å²) >= 11 is 5.92. The van der Waals surface area contributed by atoms with Gasteiger partial charge in [-0.1, -0.05) is 11.6 Å². The lowest BCUT2D eigenvalue weighted by Crippen LogP contribution is -2.32. The first-order chi connectivity index (χ1) is 10.0. The summed E-state index contributed by atoms with van der Waals surface area (Å²) in [7, 11) is -4.89. The summed E-state index contributed by atoms with van der Waals surface area (Å²) in [6, 6.07) is 1.36. The zero-order valence-corrected chi connectivity index (χ0v) is 13.4. The molecule has 0 aliphatic carbocycles. The smallest absolute Gasteiger partial charge is 0.359 e. The van der Waals surface area contributed by atoms with Gasteiger partial charge < -0.3 is 4.18 Å². The normalized spacial score (nSPS) is 17.8. The van der Waals surface area contributed by atoms with Crippen LogP contribution in [0.1, 0.15) is 29.8 Å². The number of hydrogen-bond acceptors (Lipinski definition) is 6. The Morgan fingerprint density at radius 2 is 2.00 bits per heavy atom. The van der Waals surface area contributed by atoms with Crippen molar-refractivity contribution in [2.75, 3.05) is 0 Å². The first kappa shape index (κ1) is 16.6. The van der Waals surface area contributed by atoms with Gasteiger partial charge >= 0.3 is 10.4 Å². The van der Waals surface area contributed by atoms with Gasteiger partial charge in [-0.25, -0.2) is 0 Å². The SMILES string of the molecule is CC(=O)C1C(=O)c2c(c(C)cc(Cl)c2OS(=O)(=O)O)N=C1C. The number of benzene rings is 1. The monoisotopic (exact) mass is 345 g/mol. The molecular weight excluding hydrogens is 334 g/mol. The second kappa shape index (κ2) is 5.45. The van der Waals surface area contributed by atoms with Crippen molar-refractivity contribution in [3.8, 4) is 5.75 Å². The maximum Gasteiger partial charge on any atom is 0.446 e. The second-order valence-corrected chi connectivity index (χ2v) is 6.33. The van der Waals surface area contributed by atoms with Crippen molar-refractivity contribution in [1.29, 1.82) is 0 Å². The number of carbonyl (C=O) groups excluding carboxylic acids is 2. The van der Waals surface area contributed by atoms with E-state index in [1.165, 1.54) is 19.9 Å². The lowest BCUT2D eigenvalue weighted by Gasteiger charge is -2.23. The van der Waals surface area contributed by atoms with Gasteiger partial charge in [0.15, 0.2) is 11.5 Å². The molecule has 1 aliphatic rings. The maximum absolute atomic E-state index is 12.6. The molecule has 1 aliphatic heterocycles. The molecule has 0 amide bonds. The van der Waals surface area contributed by atoms with E-state index in [4.69, 9.17) is 16.2 Å². The van der Waals surface area contributed by atoms with Gasteiger partial charge in [0.1, 0.15) is 11.7 Å². The molecule has 1 heterocycles. The number of halogens is 1. The van der Waals surface area contributed by atoms with Crippen LogP contribution in [0.3, 0.4) is 0 Å². The third-order valence-electron chi connectivity index (χ3n) is 3.21. The molecule has 0 aromatic heterocycles. The predicted molar refractivity (Wildman–Crippen MR) is 79.6 cm³/mol. The number of fused-ring (bicyclic) bond motifs is 1. The number of ketones is 2. The molecule has 0 saturated carbocycles. The number of aliphatic imine (C=N–C) groups is 1. The topological polar surface area (TPSA) is 110 Å². The van der Waals surface area contributed by atoms with Crippen LogP contribution in [0.5, 0.6) is 5.75 Å². The Balaban J connectivity index is 2.81.